The van der Waals surface area contributed by atoms with Crippen LogP contribution in [-0.4, -0.2) is 34.9 Å². The fourth-order valence-corrected chi connectivity index (χ4v) is 3.22. The van der Waals surface area contributed by atoms with Gasteiger partial charge >= 0.3 is 11.9 Å². The third kappa shape index (κ3) is 4.74. The molecule has 0 N–H and O–H groups in total. The molecule has 2 heterocycles. The second kappa shape index (κ2) is 8.93. The molecule has 29 heavy (non-hydrogen) atoms. The van der Waals surface area contributed by atoms with Crippen LogP contribution in [0.15, 0.2) is 64.9 Å². The maximum Gasteiger partial charge on any atom is 0.433 e. The van der Waals surface area contributed by atoms with Crippen LogP contribution in [0.4, 0.5) is 11.0 Å². The predicted octanol–water partition coefficient (Wildman–Crippen LogP) is 3.69. The molecule has 0 bridgehead atoms. The van der Waals surface area contributed by atoms with Crippen LogP contribution in [-0.2, 0) is 9.53 Å². The Kier molecular flexibility index (Phi) is 6.15. The van der Waals surface area contributed by atoms with Gasteiger partial charge in [0.15, 0.2) is 11.7 Å². The summed E-state index contributed by atoms with van der Waals surface area (Å²) in [6.07, 6.45) is 1.53. The summed E-state index contributed by atoms with van der Waals surface area (Å²) < 4.78 is 9.68. The van der Waals surface area contributed by atoms with Gasteiger partial charge in [0.2, 0.25) is 5.76 Å². The first-order chi connectivity index (χ1) is 14.0. The number of ether oxygens (including phenoxy) is 1. The molecule has 0 unspecified atom stereocenters. The number of thiazole rings is 1. The number of hydrogen-bond acceptors (Lipinski definition) is 8. The van der Waals surface area contributed by atoms with Gasteiger partial charge in [0.05, 0.1) is 11.8 Å². The van der Waals surface area contributed by atoms with Gasteiger partial charge in [-0.3, -0.25) is 19.8 Å². The van der Waals surface area contributed by atoms with Crippen LogP contribution in [0.1, 0.15) is 10.6 Å². The Morgan fingerprint density at radius 1 is 1.28 bits per heavy atom. The van der Waals surface area contributed by atoms with Crippen molar-refractivity contribution in [1.29, 1.82) is 0 Å². The van der Waals surface area contributed by atoms with Crippen LogP contribution in [0.5, 0.6) is 0 Å². The first-order valence-electron chi connectivity index (χ1n) is 8.33. The molecule has 1 amide bonds. The number of anilines is 1. The molecule has 9 nitrogen and oxygen atoms in total. The summed E-state index contributed by atoms with van der Waals surface area (Å²) in [7, 11) is 0. The van der Waals surface area contributed by atoms with Crippen molar-refractivity contribution in [3.8, 4) is 11.3 Å². The first kappa shape index (κ1) is 20.0. The van der Waals surface area contributed by atoms with E-state index in [1.54, 1.807) is 0 Å². The molecule has 1 aromatic carbocycles. The summed E-state index contributed by atoms with van der Waals surface area (Å²) >= 11 is 1.27. The zero-order valence-electron chi connectivity index (χ0n) is 15.0. The molecular formula is C19H15N3O6S. The molecule has 0 aliphatic rings. The maximum absolute atomic E-state index is 12.6. The highest BCUT2D eigenvalue weighted by atomic mass is 32.1. The van der Waals surface area contributed by atoms with Gasteiger partial charge in [0.1, 0.15) is 4.92 Å². The smallest absolute Gasteiger partial charge is 0.433 e. The Labute approximate surface area is 169 Å². The van der Waals surface area contributed by atoms with Gasteiger partial charge in [-0.25, -0.2) is 9.78 Å². The Hall–Kier alpha value is -3.79. The highest BCUT2D eigenvalue weighted by molar-refractivity contribution is 7.14. The Bertz CT molecular complexity index is 1040. The number of furan rings is 1. The van der Waals surface area contributed by atoms with Crippen LogP contribution in [0.2, 0.25) is 0 Å². The number of rotatable bonds is 8. The van der Waals surface area contributed by atoms with Gasteiger partial charge in [-0.15, -0.1) is 17.9 Å². The summed E-state index contributed by atoms with van der Waals surface area (Å²) in [5, 5.41) is 12.9. The number of carbonyl (C=O) groups is 2. The van der Waals surface area contributed by atoms with E-state index in [0.717, 1.165) is 17.7 Å². The number of nitro groups is 1. The van der Waals surface area contributed by atoms with Crippen molar-refractivity contribution in [3.63, 3.8) is 0 Å². The molecule has 0 aliphatic carbocycles. The topological polar surface area (TPSA) is 116 Å². The fourth-order valence-electron chi connectivity index (χ4n) is 2.36. The van der Waals surface area contributed by atoms with Crippen LogP contribution in [0, 0.1) is 10.1 Å². The number of benzene rings is 1. The number of esters is 1. The van der Waals surface area contributed by atoms with Gasteiger partial charge in [-0.1, -0.05) is 36.4 Å². The molecule has 10 heteroatoms. The molecule has 0 aliphatic heterocycles. The second-order valence-electron chi connectivity index (χ2n) is 5.65. The highest BCUT2D eigenvalue weighted by Crippen LogP contribution is 2.27. The normalized spacial score (nSPS) is 10.3. The molecule has 0 fully saturated rings. The lowest BCUT2D eigenvalue weighted by atomic mass is 10.2. The molecule has 0 atom stereocenters. The molecule has 3 aromatic rings. The Morgan fingerprint density at radius 3 is 2.69 bits per heavy atom. The lowest BCUT2D eigenvalue weighted by molar-refractivity contribution is -0.402. The molecule has 0 radical (unpaired) electrons. The van der Waals surface area contributed by atoms with E-state index in [-0.39, 0.29) is 12.3 Å². The lowest BCUT2D eigenvalue weighted by Gasteiger charge is -2.17. The lowest BCUT2D eigenvalue weighted by Crippen LogP contribution is -2.34. The first-order valence-corrected chi connectivity index (χ1v) is 9.21. The van der Waals surface area contributed by atoms with Gasteiger partial charge < -0.3 is 9.15 Å². The third-order valence-electron chi connectivity index (χ3n) is 3.70. The van der Waals surface area contributed by atoms with Crippen molar-refractivity contribution >= 4 is 34.2 Å². The van der Waals surface area contributed by atoms with E-state index in [4.69, 9.17) is 9.15 Å². The largest absolute Gasteiger partial charge is 0.450 e. The van der Waals surface area contributed by atoms with Crippen molar-refractivity contribution in [2.75, 3.05) is 18.1 Å². The number of amides is 1. The molecule has 3 rings (SSSR count). The standard InChI is InChI=1S/C19H15N3O6S/c1-2-10-21(19-20-14(12-29-19)13-6-4-3-5-7-13)16(23)11-27-18(24)15-8-9-17(28-15)22(25)26/h2-9,12H,1,10-11H2. The SMILES string of the molecule is C=CCN(C(=O)COC(=O)c1ccc([N+](=O)[O-])o1)c1nc(-c2ccccc2)cs1. The van der Waals surface area contributed by atoms with Gasteiger partial charge in [-0.05, 0) is 6.07 Å². The number of nitrogens with zero attached hydrogens (tertiary/aromatic N) is 3. The molecule has 0 saturated carbocycles. The molecular weight excluding hydrogens is 398 g/mol. The summed E-state index contributed by atoms with van der Waals surface area (Å²) in [6, 6.07) is 11.6. The zero-order chi connectivity index (χ0) is 20.8. The monoisotopic (exact) mass is 413 g/mol. The number of hydrogen-bond donors (Lipinski definition) is 0. The minimum absolute atomic E-state index is 0.171. The average Bonchev–Trinajstić information content (AvgIpc) is 3.41. The average molecular weight is 413 g/mol. The predicted molar refractivity (Wildman–Crippen MR) is 106 cm³/mol. The Balaban J connectivity index is 1.68. The van der Waals surface area contributed by atoms with E-state index in [1.165, 1.54) is 22.3 Å². The van der Waals surface area contributed by atoms with E-state index >= 15 is 0 Å². The van der Waals surface area contributed by atoms with Gasteiger partial charge in [-0.2, -0.15) is 0 Å². The van der Waals surface area contributed by atoms with Gasteiger partial charge in [0.25, 0.3) is 5.91 Å². The van der Waals surface area contributed by atoms with E-state index in [0.29, 0.717) is 10.8 Å². The zero-order valence-corrected chi connectivity index (χ0v) is 15.8. The minimum Gasteiger partial charge on any atom is -0.450 e. The van der Waals surface area contributed by atoms with E-state index in [2.05, 4.69) is 11.6 Å². The fraction of sp³-hybridized carbons (Fsp3) is 0.105. The molecule has 2 aromatic heterocycles. The van der Waals surface area contributed by atoms with Crippen molar-refractivity contribution in [3.05, 3.63) is 76.4 Å². The summed E-state index contributed by atoms with van der Waals surface area (Å²) in [5.74, 6) is -2.45. The van der Waals surface area contributed by atoms with Crippen molar-refractivity contribution in [2.45, 2.75) is 0 Å². The quantitative estimate of drug-likeness (QED) is 0.239. The molecule has 148 valence electrons. The summed E-state index contributed by atoms with van der Waals surface area (Å²) in [4.78, 5) is 40.1. The van der Waals surface area contributed by atoms with Crippen molar-refractivity contribution in [2.24, 2.45) is 0 Å². The highest BCUT2D eigenvalue weighted by Gasteiger charge is 2.23. The van der Waals surface area contributed by atoms with Crippen LogP contribution >= 0.6 is 11.3 Å². The van der Waals surface area contributed by atoms with Gasteiger partial charge in [0, 0.05) is 17.5 Å². The minimum atomic E-state index is -0.978. The summed E-state index contributed by atoms with van der Waals surface area (Å²) in [6.45, 7) is 3.22. The Morgan fingerprint density at radius 2 is 2.03 bits per heavy atom. The number of aromatic nitrogens is 1. The summed E-state index contributed by atoms with van der Waals surface area (Å²) in [5.41, 5.74) is 1.62. The third-order valence-corrected chi connectivity index (χ3v) is 4.57. The van der Waals surface area contributed by atoms with E-state index < -0.39 is 29.3 Å². The molecule has 0 spiro atoms. The molecule has 0 saturated heterocycles. The van der Waals surface area contributed by atoms with Crippen LogP contribution < -0.4 is 4.90 Å². The number of carbonyl (C=O) groups excluding carboxylic acids is 2. The second-order valence-corrected chi connectivity index (χ2v) is 6.48. The van der Waals surface area contributed by atoms with Crippen LogP contribution in [0.3, 0.4) is 0 Å². The maximum atomic E-state index is 12.6. The van der Waals surface area contributed by atoms with Crippen molar-refractivity contribution < 1.29 is 23.7 Å². The van der Waals surface area contributed by atoms with E-state index in [9.17, 15) is 19.7 Å². The van der Waals surface area contributed by atoms with Crippen LogP contribution in [0.25, 0.3) is 11.3 Å². The van der Waals surface area contributed by atoms with Crippen molar-refractivity contribution in [1.82, 2.24) is 4.98 Å². The van der Waals surface area contributed by atoms with E-state index in [1.807, 2.05) is 35.7 Å².